The van der Waals surface area contributed by atoms with Gasteiger partial charge < -0.3 is 14.9 Å². The van der Waals surface area contributed by atoms with Gasteiger partial charge in [-0.1, -0.05) is 97.3 Å². The molecule has 0 radical (unpaired) electrons. The van der Waals surface area contributed by atoms with E-state index in [9.17, 15) is 13.2 Å². The molecule has 1 fully saturated rings. The summed E-state index contributed by atoms with van der Waals surface area (Å²) in [6.07, 6.45) is 2.15. The van der Waals surface area contributed by atoms with Gasteiger partial charge in [0.2, 0.25) is 0 Å². The SMILES string of the molecule is CC1(C)C2=CC3=NC(=Nc4nc(nc5ccccc45)-c4nc(c5ccccc5n4)N=C([N-]2)C1(C)C)C(C)(C)C3(C)C.ClCCl.O=S(=O)([O-])C(F)(F)F.[Zn+2]. The molecule has 0 spiro atoms. The average Bonchev–Trinajstić information content (AvgIpc) is 3.31. The molecule has 4 aromatic rings. The van der Waals surface area contributed by atoms with Crippen LogP contribution in [-0.4, -0.2) is 61.1 Å². The third kappa shape index (κ3) is 7.62. The minimum atomic E-state index is -6.09. The monoisotopic (exact) mass is 838 g/mol. The Kier molecular flexibility index (Phi) is 11.7. The zero-order chi connectivity index (χ0) is 38.7. The van der Waals surface area contributed by atoms with Gasteiger partial charge in [0, 0.05) is 27.3 Å². The number of allylic oxidation sites excluding steroid dienone is 2. The van der Waals surface area contributed by atoms with Crippen molar-refractivity contribution >= 4 is 84.1 Å². The Balaban J connectivity index is 0.000000461. The van der Waals surface area contributed by atoms with E-state index < -0.39 is 15.6 Å². The van der Waals surface area contributed by atoms with Gasteiger partial charge in [0.25, 0.3) is 0 Å². The summed E-state index contributed by atoms with van der Waals surface area (Å²) in [5, 5.41) is 7.06. The van der Waals surface area contributed by atoms with E-state index in [2.05, 4.69) is 61.5 Å². The van der Waals surface area contributed by atoms with Crippen LogP contribution < -0.4 is 0 Å². The third-order valence-corrected chi connectivity index (χ3v) is 10.9. The van der Waals surface area contributed by atoms with Crippen molar-refractivity contribution in [3.8, 4) is 11.6 Å². The summed E-state index contributed by atoms with van der Waals surface area (Å²) >= 11 is 9.53. The molecule has 0 aliphatic carbocycles. The van der Waals surface area contributed by atoms with Gasteiger partial charge in [0.1, 0.15) is 5.84 Å². The molecule has 18 heteroatoms. The fourth-order valence-corrected chi connectivity index (χ4v) is 5.56. The van der Waals surface area contributed by atoms with E-state index >= 15 is 0 Å². The maximum Gasteiger partial charge on any atom is 2.00 e. The molecule has 5 heterocycles. The smallest absolute Gasteiger partial charge is 0.741 e. The second-order valence-corrected chi connectivity index (χ2v) is 16.5. The number of para-hydroxylation sites is 2. The number of amidine groups is 2. The Morgan fingerprint density at radius 1 is 0.698 bits per heavy atom. The molecular formula is C35H35Cl2F3N8O3SZn. The van der Waals surface area contributed by atoms with Crippen LogP contribution in [0.3, 0.4) is 0 Å². The second-order valence-electron chi connectivity index (χ2n) is 14.3. The number of fused-ring (bicyclic) bond motifs is 12. The molecule has 8 bridgehead atoms. The molecular weight excluding hydrogens is 806 g/mol. The summed E-state index contributed by atoms with van der Waals surface area (Å²) in [7, 11) is -6.09. The number of aromatic nitrogens is 4. The van der Waals surface area contributed by atoms with Gasteiger partial charge in [-0.25, -0.2) is 38.3 Å². The van der Waals surface area contributed by atoms with Crippen LogP contribution in [0, 0.1) is 21.7 Å². The van der Waals surface area contributed by atoms with Crippen LogP contribution in [-0.2, 0) is 29.6 Å². The fraction of sp³-hybridized carbons (Fsp3) is 0.400. The zero-order valence-electron chi connectivity index (χ0n) is 30.2. The molecule has 11 nitrogen and oxygen atoms in total. The second kappa shape index (κ2) is 14.7. The Morgan fingerprint density at radius 3 is 1.58 bits per heavy atom. The molecule has 2 aromatic heterocycles. The maximum atomic E-state index is 10.7. The van der Waals surface area contributed by atoms with Gasteiger partial charge in [-0.3, -0.25) is 0 Å². The minimum absolute atomic E-state index is 0. The summed E-state index contributed by atoms with van der Waals surface area (Å²) < 4.78 is 58.9. The number of hydrogen-bond donors (Lipinski definition) is 0. The van der Waals surface area contributed by atoms with Crippen LogP contribution in [0.4, 0.5) is 24.8 Å². The van der Waals surface area contributed by atoms with Gasteiger partial charge in [-0.2, -0.15) is 13.2 Å². The summed E-state index contributed by atoms with van der Waals surface area (Å²) in [6.45, 7) is 17.7. The number of alkyl halides is 5. The predicted octanol–water partition coefficient (Wildman–Crippen LogP) is 9.61. The Labute approximate surface area is 328 Å². The van der Waals surface area contributed by atoms with E-state index in [1.807, 2.05) is 48.5 Å². The molecule has 0 unspecified atom stereocenters. The first kappa shape index (κ1) is 42.3. The third-order valence-electron chi connectivity index (χ3n) is 10.3. The predicted molar refractivity (Wildman–Crippen MR) is 199 cm³/mol. The van der Waals surface area contributed by atoms with Gasteiger partial charge in [0.05, 0.1) is 22.2 Å². The maximum absolute atomic E-state index is 10.7. The van der Waals surface area contributed by atoms with Crippen LogP contribution >= 0.6 is 23.2 Å². The van der Waals surface area contributed by atoms with E-state index in [4.69, 9.17) is 76.4 Å². The zero-order valence-corrected chi connectivity index (χ0v) is 35.5. The molecule has 53 heavy (non-hydrogen) atoms. The number of nitrogens with zero attached hydrogens (tertiary/aromatic N) is 8. The molecule has 2 aromatic carbocycles. The van der Waals surface area contributed by atoms with Crippen LogP contribution in [0.25, 0.3) is 38.8 Å². The van der Waals surface area contributed by atoms with E-state index in [1.54, 1.807) is 0 Å². The summed E-state index contributed by atoms with van der Waals surface area (Å²) in [4.78, 5) is 35.1. The summed E-state index contributed by atoms with van der Waals surface area (Å²) in [6, 6.07) is 15.8. The van der Waals surface area contributed by atoms with E-state index in [-0.39, 0.29) is 46.5 Å². The van der Waals surface area contributed by atoms with Crippen LogP contribution in [0.15, 0.2) is 75.3 Å². The topological polar surface area (TPSA) is 160 Å². The molecule has 7 rings (SSSR count). The fourth-order valence-electron chi connectivity index (χ4n) is 5.56. The van der Waals surface area contributed by atoms with Crippen molar-refractivity contribution in [1.82, 2.24) is 19.9 Å². The van der Waals surface area contributed by atoms with Crippen molar-refractivity contribution in [2.75, 3.05) is 5.34 Å². The minimum Gasteiger partial charge on any atom is -0.741 e. The normalized spacial score (nSPS) is 18.9. The number of benzene rings is 2. The standard InChI is InChI=1S/C33H33N8.CH2Cl2.CHF3O3S.Zn/c1-30(2)22-17-23-31(3,4)33(7,8)29(37-23)41-25-19-14-10-12-16-21(19)35-27(39-25)26-34-20-15-11-9-13-18(20)24(38-26)40-28(36-22)32(30,5)6;2-1-3;2-1(3,4)8(5,6)7;/h9-17H,1-8H3;1H2;(H,5,6,7);/q-1;;;+2/p-1. The first-order valence-electron chi connectivity index (χ1n) is 15.9. The molecule has 276 valence electrons. The van der Waals surface area contributed by atoms with E-state index in [1.165, 1.54) is 0 Å². The first-order chi connectivity index (χ1) is 24.0. The van der Waals surface area contributed by atoms with Gasteiger partial charge >= 0.3 is 25.0 Å². The summed E-state index contributed by atoms with van der Waals surface area (Å²) in [5.41, 5.74) is -3.56. The van der Waals surface area contributed by atoms with E-state index in [0.29, 0.717) is 23.3 Å². The largest absolute Gasteiger partial charge is 2.00 e. The van der Waals surface area contributed by atoms with Crippen LogP contribution in [0.5, 0.6) is 0 Å². The van der Waals surface area contributed by atoms with Crippen molar-refractivity contribution < 1.29 is 45.6 Å². The average molecular weight is 841 g/mol. The van der Waals surface area contributed by atoms with Gasteiger partial charge in [0.15, 0.2) is 27.6 Å². The molecule has 3 aliphatic rings. The molecule has 3 aliphatic heterocycles. The molecule has 0 saturated carbocycles. The first-order valence-corrected chi connectivity index (χ1v) is 18.3. The molecule has 0 N–H and O–H groups in total. The quantitative estimate of drug-likeness (QED) is 0.0738. The van der Waals surface area contributed by atoms with Crippen molar-refractivity contribution in [2.24, 2.45) is 36.6 Å². The van der Waals surface area contributed by atoms with Crippen molar-refractivity contribution in [3.05, 3.63) is 65.6 Å². The molecule has 0 amide bonds. The van der Waals surface area contributed by atoms with Gasteiger partial charge in [-0.15, -0.1) is 23.2 Å². The number of rotatable bonds is 0. The molecule has 1 saturated heterocycles. The van der Waals surface area contributed by atoms with Crippen molar-refractivity contribution in [2.45, 2.75) is 60.9 Å². The van der Waals surface area contributed by atoms with Crippen molar-refractivity contribution in [3.63, 3.8) is 0 Å². The summed E-state index contributed by atoms with van der Waals surface area (Å²) in [5.74, 6) is 3.34. The Morgan fingerprint density at radius 2 is 1.13 bits per heavy atom. The van der Waals surface area contributed by atoms with Crippen LogP contribution in [0.2, 0.25) is 0 Å². The Hall–Kier alpha value is -3.43. The van der Waals surface area contributed by atoms with Crippen LogP contribution in [0.1, 0.15) is 55.4 Å². The molecule has 0 atom stereocenters. The number of hydrogen-bond acceptors (Lipinski definition) is 10. The Bertz CT molecular complexity index is 2330. The number of aliphatic imine (C=N–C) groups is 3. The van der Waals surface area contributed by atoms with E-state index in [0.717, 1.165) is 44.9 Å². The van der Waals surface area contributed by atoms with Gasteiger partial charge in [-0.05, 0) is 35.1 Å². The van der Waals surface area contributed by atoms with Crippen molar-refractivity contribution in [1.29, 1.82) is 0 Å². The number of halogens is 5.